The maximum Gasteiger partial charge on any atom is 0.242 e. The molecule has 11 nitrogen and oxygen atoms in total. The Labute approximate surface area is 273 Å². The molecule has 246 valence electrons. The molecule has 2 atom stereocenters. The smallest absolute Gasteiger partial charge is 0.242 e. The lowest BCUT2D eigenvalue weighted by Gasteiger charge is -2.27. The van der Waals surface area contributed by atoms with Gasteiger partial charge in [-0.3, -0.25) is 19.4 Å². The number of anilines is 4. The molecule has 11 heteroatoms. The molecule has 1 saturated heterocycles. The minimum Gasteiger partial charge on any atom is -0.353 e. The lowest BCUT2D eigenvalue weighted by molar-refractivity contribution is -0.131. The number of likely N-dealkylation sites (N-methyl/N-ethyl adjacent to an activating group) is 1. The number of amides is 2. The summed E-state index contributed by atoms with van der Waals surface area (Å²) in [4.78, 5) is 42.7. The zero-order valence-corrected chi connectivity index (χ0v) is 27.5. The van der Waals surface area contributed by atoms with E-state index in [1.165, 1.54) is 0 Å². The van der Waals surface area contributed by atoms with Crippen molar-refractivity contribution in [1.82, 2.24) is 35.3 Å². The summed E-state index contributed by atoms with van der Waals surface area (Å²) in [6.07, 6.45) is 5.73. The van der Waals surface area contributed by atoms with E-state index in [0.717, 1.165) is 74.4 Å². The van der Waals surface area contributed by atoms with Crippen molar-refractivity contribution in [3.8, 4) is 0 Å². The molecular weight excluding hydrogens is 578 g/mol. The van der Waals surface area contributed by atoms with Crippen molar-refractivity contribution in [3.63, 3.8) is 0 Å². The van der Waals surface area contributed by atoms with Gasteiger partial charge in [0.2, 0.25) is 11.8 Å². The summed E-state index contributed by atoms with van der Waals surface area (Å²) >= 11 is 0. The van der Waals surface area contributed by atoms with Gasteiger partial charge in [-0.2, -0.15) is 0 Å². The van der Waals surface area contributed by atoms with Crippen molar-refractivity contribution >= 4 is 34.8 Å². The zero-order valence-electron chi connectivity index (χ0n) is 27.5. The molecule has 0 spiro atoms. The van der Waals surface area contributed by atoms with Crippen LogP contribution in [0.1, 0.15) is 50.2 Å². The fraction of sp³-hybridized carbons (Fsp3) is 0.486. The molecule has 3 heterocycles. The number of nitrogens with zero attached hydrogens (tertiary/aromatic N) is 5. The Bertz CT molecular complexity index is 1450. The summed E-state index contributed by atoms with van der Waals surface area (Å²) in [5.74, 6) is 1.22. The van der Waals surface area contributed by atoms with Gasteiger partial charge in [0.1, 0.15) is 24.0 Å². The number of rotatable bonds is 6. The van der Waals surface area contributed by atoms with Crippen molar-refractivity contribution in [3.05, 3.63) is 72.1 Å². The average Bonchev–Trinajstić information content (AvgIpc) is 3.50. The molecule has 1 aromatic heterocycles. The van der Waals surface area contributed by atoms with Crippen LogP contribution in [-0.2, 0) is 22.7 Å². The first-order chi connectivity index (χ1) is 22.4. The van der Waals surface area contributed by atoms with Gasteiger partial charge in [0.15, 0.2) is 0 Å². The SMILES string of the molecule is CCN1CCNC(=O)[C@H](CCCCN(C)C)NC(=O)[C@@H]2CCCN2Cc2cccc(c2)Nc2cc(ncn2)Nc2cccc(c2)C1. The molecular formula is C35H49N9O2. The lowest BCUT2D eigenvalue weighted by atomic mass is 10.1. The van der Waals surface area contributed by atoms with E-state index in [0.29, 0.717) is 37.7 Å². The second-order valence-electron chi connectivity index (χ2n) is 12.6. The topological polar surface area (TPSA) is 118 Å². The minimum atomic E-state index is -0.555. The highest BCUT2D eigenvalue weighted by atomic mass is 16.2. The van der Waals surface area contributed by atoms with Crippen molar-refractivity contribution in [2.45, 2.75) is 64.2 Å². The molecule has 0 unspecified atom stereocenters. The first kappa shape index (κ1) is 33.3. The number of fused-ring (bicyclic) bond motifs is 7. The van der Waals surface area contributed by atoms with Crippen LogP contribution in [0.5, 0.6) is 0 Å². The monoisotopic (exact) mass is 627 g/mol. The molecule has 5 rings (SSSR count). The number of nitrogens with one attached hydrogen (secondary N) is 4. The quantitative estimate of drug-likeness (QED) is 0.300. The van der Waals surface area contributed by atoms with E-state index in [1.54, 1.807) is 6.33 Å². The maximum atomic E-state index is 13.7. The number of unbranched alkanes of at least 4 members (excludes halogenated alkanes) is 1. The molecule has 2 aliphatic rings. The van der Waals surface area contributed by atoms with Crippen LogP contribution in [0.3, 0.4) is 0 Å². The average molecular weight is 628 g/mol. The van der Waals surface area contributed by atoms with E-state index in [9.17, 15) is 9.59 Å². The van der Waals surface area contributed by atoms with Crippen LogP contribution < -0.4 is 21.3 Å². The van der Waals surface area contributed by atoms with Crippen LogP contribution in [0.2, 0.25) is 0 Å². The Morgan fingerprint density at radius 2 is 1.57 bits per heavy atom. The van der Waals surface area contributed by atoms with Crippen LogP contribution in [0.15, 0.2) is 60.9 Å². The molecule has 6 bridgehead atoms. The third-order valence-electron chi connectivity index (χ3n) is 8.68. The highest BCUT2D eigenvalue weighted by Crippen LogP contribution is 2.24. The summed E-state index contributed by atoms with van der Waals surface area (Å²) < 4.78 is 0. The van der Waals surface area contributed by atoms with Crippen LogP contribution in [0, 0.1) is 0 Å². The molecule has 0 saturated carbocycles. The maximum absolute atomic E-state index is 13.7. The number of hydrogen-bond acceptors (Lipinski definition) is 9. The third kappa shape index (κ3) is 9.72. The predicted octanol–water partition coefficient (Wildman–Crippen LogP) is 4.10. The molecule has 2 aliphatic heterocycles. The molecule has 4 N–H and O–H groups in total. The molecule has 46 heavy (non-hydrogen) atoms. The third-order valence-corrected chi connectivity index (χ3v) is 8.68. The number of carbonyl (C=O) groups is 2. The Morgan fingerprint density at radius 3 is 2.24 bits per heavy atom. The van der Waals surface area contributed by atoms with E-state index in [2.05, 4.69) is 91.2 Å². The highest BCUT2D eigenvalue weighted by Gasteiger charge is 2.33. The first-order valence-corrected chi connectivity index (χ1v) is 16.6. The van der Waals surface area contributed by atoms with Gasteiger partial charge in [-0.05, 0) is 101 Å². The van der Waals surface area contributed by atoms with Gasteiger partial charge in [-0.15, -0.1) is 0 Å². The second-order valence-corrected chi connectivity index (χ2v) is 12.6. The summed E-state index contributed by atoms with van der Waals surface area (Å²) in [6.45, 7) is 7.37. The summed E-state index contributed by atoms with van der Waals surface area (Å²) in [7, 11) is 4.11. The summed E-state index contributed by atoms with van der Waals surface area (Å²) in [5, 5.41) is 13.1. The van der Waals surface area contributed by atoms with Crippen LogP contribution in [0.25, 0.3) is 0 Å². The number of carbonyl (C=O) groups excluding carboxylic acids is 2. The summed E-state index contributed by atoms with van der Waals surface area (Å²) in [6, 6.07) is 17.6. The van der Waals surface area contributed by atoms with E-state index >= 15 is 0 Å². The Hall–Kier alpha value is -4.06. The fourth-order valence-corrected chi connectivity index (χ4v) is 6.21. The van der Waals surface area contributed by atoms with E-state index in [-0.39, 0.29) is 17.9 Å². The van der Waals surface area contributed by atoms with Gasteiger partial charge in [-0.25, -0.2) is 9.97 Å². The van der Waals surface area contributed by atoms with Crippen molar-refractivity contribution in [2.75, 3.05) is 57.5 Å². The van der Waals surface area contributed by atoms with Crippen molar-refractivity contribution < 1.29 is 9.59 Å². The standard InChI is InChI=1S/C35H49N9O2/c1-4-43-19-16-36-34(45)30(14-5-6-17-42(2)3)41-35(46)31-15-9-18-44(31)24-27-11-8-13-29(21-27)40-33-22-32(37-25-38-33)39-28-12-7-10-26(20-28)23-43/h7-8,10-13,20-22,25,30-31H,4-6,9,14-19,23-24H2,1-3H3,(H,36,45)(H,41,46)(H2,37,38,39,40)/t30-,31-/m0/s1. The van der Waals surface area contributed by atoms with Crippen LogP contribution >= 0.6 is 0 Å². The van der Waals surface area contributed by atoms with Gasteiger partial charge in [0.05, 0.1) is 6.04 Å². The second kappa shape index (κ2) is 16.5. The fourth-order valence-electron chi connectivity index (χ4n) is 6.21. The lowest BCUT2D eigenvalue weighted by Crippen LogP contribution is -2.52. The molecule has 2 aromatic carbocycles. The largest absolute Gasteiger partial charge is 0.353 e. The first-order valence-electron chi connectivity index (χ1n) is 16.6. The van der Waals surface area contributed by atoms with Gasteiger partial charge in [-0.1, -0.05) is 31.2 Å². The van der Waals surface area contributed by atoms with Gasteiger partial charge >= 0.3 is 0 Å². The molecule has 0 aliphatic carbocycles. The molecule has 3 aromatic rings. The van der Waals surface area contributed by atoms with E-state index in [1.807, 2.05) is 30.3 Å². The van der Waals surface area contributed by atoms with Crippen LogP contribution in [0.4, 0.5) is 23.0 Å². The normalized spacial score (nSPS) is 20.3. The van der Waals surface area contributed by atoms with E-state index in [4.69, 9.17) is 0 Å². The van der Waals surface area contributed by atoms with Crippen LogP contribution in [-0.4, -0.2) is 95.4 Å². The Morgan fingerprint density at radius 1 is 0.870 bits per heavy atom. The summed E-state index contributed by atoms with van der Waals surface area (Å²) in [5.41, 5.74) is 4.12. The molecule has 2 amide bonds. The van der Waals surface area contributed by atoms with E-state index < -0.39 is 6.04 Å². The predicted molar refractivity (Wildman–Crippen MR) is 183 cm³/mol. The van der Waals surface area contributed by atoms with Crippen molar-refractivity contribution in [1.29, 1.82) is 0 Å². The molecule has 0 radical (unpaired) electrons. The van der Waals surface area contributed by atoms with Gasteiger partial charge in [0, 0.05) is 43.6 Å². The zero-order chi connectivity index (χ0) is 32.3. The highest BCUT2D eigenvalue weighted by molar-refractivity contribution is 5.90. The molecule has 1 fully saturated rings. The van der Waals surface area contributed by atoms with Gasteiger partial charge < -0.3 is 26.2 Å². The number of benzene rings is 2. The Kier molecular flexibility index (Phi) is 11.9. The number of hydrogen-bond donors (Lipinski definition) is 4. The Balaban J connectivity index is 1.38. The van der Waals surface area contributed by atoms with Gasteiger partial charge in [0.25, 0.3) is 0 Å². The number of aromatic nitrogens is 2. The van der Waals surface area contributed by atoms with Crippen molar-refractivity contribution in [2.24, 2.45) is 0 Å². The minimum absolute atomic E-state index is 0.0611.